The van der Waals surface area contributed by atoms with E-state index in [1.165, 1.54) is 16.9 Å². The Morgan fingerprint density at radius 1 is 1.25 bits per heavy atom. The highest BCUT2D eigenvalue weighted by Gasteiger charge is 2.20. The molecule has 4 rings (SSSR count). The smallest absolute Gasteiger partial charge is 0.262 e. The van der Waals surface area contributed by atoms with Crippen LogP contribution in [0.15, 0.2) is 35.5 Å². The van der Waals surface area contributed by atoms with Crippen LogP contribution in [-0.4, -0.2) is 38.9 Å². The van der Waals surface area contributed by atoms with Gasteiger partial charge < -0.3 is 4.90 Å². The molecule has 0 unspecified atom stereocenters. The van der Waals surface area contributed by atoms with Crippen molar-refractivity contribution in [2.75, 3.05) is 13.6 Å². The molecular formula is C21H24N4O2S. The van der Waals surface area contributed by atoms with Gasteiger partial charge in [0.25, 0.3) is 5.56 Å². The van der Waals surface area contributed by atoms with Crippen LogP contribution in [0.3, 0.4) is 0 Å². The Kier molecular flexibility index (Phi) is 5.52. The molecule has 6 nitrogen and oxygen atoms in total. The van der Waals surface area contributed by atoms with Crippen molar-refractivity contribution in [1.82, 2.24) is 19.4 Å². The number of carbonyl (C=O) groups is 1. The van der Waals surface area contributed by atoms with Crippen LogP contribution < -0.4 is 5.56 Å². The minimum Gasteiger partial charge on any atom is -0.345 e. The summed E-state index contributed by atoms with van der Waals surface area (Å²) in [7, 11) is 1.80. The fraction of sp³-hybridized carbons (Fsp3) is 0.429. The zero-order chi connectivity index (χ0) is 19.5. The molecule has 0 aromatic carbocycles. The first kappa shape index (κ1) is 18.8. The lowest BCUT2D eigenvalue weighted by Crippen LogP contribution is -2.31. The maximum atomic E-state index is 13.0. The summed E-state index contributed by atoms with van der Waals surface area (Å²) in [5, 5.41) is 0.776. The van der Waals surface area contributed by atoms with Crippen molar-refractivity contribution in [2.45, 2.75) is 45.1 Å². The van der Waals surface area contributed by atoms with Gasteiger partial charge in [-0.25, -0.2) is 4.98 Å². The van der Waals surface area contributed by atoms with E-state index in [9.17, 15) is 9.59 Å². The highest BCUT2D eigenvalue weighted by Crippen LogP contribution is 2.33. The number of carbonyl (C=O) groups excluding carboxylic acids is 1. The van der Waals surface area contributed by atoms with Crippen molar-refractivity contribution in [3.63, 3.8) is 0 Å². The van der Waals surface area contributed by atoms with E-state index in [1.807, 2.05) is 18.2 Å². The lowest BCUT2D eigenvalue weighted by atomic mass is 9.97. The molecule has 146 valence electrons. The summed E-state index contributed by atoms with van der Waals surface area (Å²) in [6, 6.07) is 5.79. The lowest BCUT2D eigenvalue weighted by Gasteiger charge is -2.17. The molecule has 0 atom stereocenters. The largest absolute Gasteiger partial charge is 0.345 e. The molecule has 0 fully saturated rings. The first-order chi connectivity index (χ1) is 13.6. The zero-order valence-electron chi connectivity index (χ0n) is 16.1. The average Bonchev–Trinajstić information content (AvgIpc) is 3.11. The van der Waals surface area contributed by atoms with Crippen LogP contribution in [0.1, 0.15) is 35.4 Å². The molecule has 3 aromatic heterocycles. The van der Waals surface area contributed by atoms with Gasteiger partial charge in [-0.3, -0.25) is 19.1 Å². The van der Waals surface area contributed by atoms with Gasteiger partial charge in [0.15, 0.2) is 0 Å². The normalized spacial score (nSPS) is 13.5. The van der Waals surface area contributed by atoms with Crippen molar-refractivity contribution in [3.05, 3.63) is 57.2 Å². The van der Waals surface area contributed by atoms with Crippen molar-refractivity contribution >= 4 is 27.5 Å². The molecule has 7 heteroatoms. The zero-order valence-corrected chi connectivity index (χ0v) is 16.9. The summed E-state index contributed by atoms with van der Waals surface area (Å²) in [6.45, 7) is 0.971. The lowest BCUT2D eigenvalue weighted by molar-refractivity contribution is -0.130. The maximum Gasteiger partial charge on any atom is 0.262 e. The Hall–Kier alpha value is -2.54. The van der Waals surface area contributed by atoms with Gasteiger partial charge in [-0.15, -0.1) is 11.3 Å². The number of amides is 1. The Morgan fingerprint density at radius 3 is 2.93 bits per heavy atom. The van der Waals surface area contributed by atoms with E-state index in [4.69, 9.17) is 0 Å². The fourth-order valence-electron chi connectivity index (χ4n) is 3.70. The summed E-state index contributed by atoms with van der Waals surface area (Å²) in [5.74, 6) is 0.0234. The van der Waals surface area contributed by atoms with Crippen LogP contribution >= 0.6 is 11.3 Å². The Morgan fingerprint density at radius 2 is 2.11 bits per heavy atom. The predicted molar refractivity (Wildman–Crippen MR) is 111 cm³/mol. The molecule has 0 saturated carbocycles. The summed E-state index contributed by atoms with van der Waals surface area (Å²) in [5.41, 5.74) is 2.15. The maximum absolute atomic E-state index is 13.0. The fourth-order valence-corrected chi connectivity index (χ4v) is 4.92. The number of nitrogens with zero attached hydrogens (tertiary/aromatic N) is 4. The van der Waals surface area contributed by atoms with Crippen molar-refractivity contribution in [2.24, 2.45) is 0 Å². The minimum absolute atomic E-state index is 0.00617. The number of aryl methyl sites for hydroxylation is 3. The number of rotatable bonds is 6. The van der Waals surface area contributed by atoms with E-state index in [1.54, 1.807) is 40.4 Å². The Balaban J connectivity index is 1.41. The average molecular weight is 397 g/mol. The molecule has 1 aliphatic carbocycles. The topological polar surface area (TPSA) is 68.1 Å². The van der Waals surface area contributed by atoms with Crippen LogP contribution in [0.5, 0.6) is 0 Å². The van der Waals surface area contributed by atoms with Crippen molar-refractivity contribution < 1.29 is 4.79 Å². The predicted octanol–water partition coefficient (Wildman–Crippen LogP) is 2.82. The third kappa shape index (κ3) is 3.85. The van der Waals surface area contributed by atoms with Gasteiger partial charge in [0, 0.05) is 49.7 Å². The van der Waals surface area contributed by atoms with Gasteiger partial charge in [-0.05, 0) is 43.4 Å². The van der Waals surface area contributed by atoms with E-state index >= 15 is 0 Å². The monoisotopic (exact) mass is 396 g/mol. The van der Waals surface area contributed by atoms with E-state index in [-0.39, 0.29) is 17.9 Å². The van der Waals surface area contributed by atoms with Crippen molar-refractivity contribution in [1.29, 1.82) is 0 Å². The number of aromatic nitrogens is 3. The molecular weight excluding hydrogens is 372 g/mol. The number of pyridine rings is 1. The summed E-state index contributed by atoms with van der Waals surface area (Å²) in [6.07, 6.45) is 8.69. The minimum atomic E-state index is -0.00617. The van der Waals surface area contributed by atoms with Gasteiger partial charge in [0.1, 0.15) is 4.83 Å². The third-order valence-corrected chi connectivity index (χ3v) is 6.56. The van der Waals surface area contributed by atoms with E-state index in [0.717, 1.165) is 41.6 Å². The van der Waals surface area contributed by atoms with Crippen LogP contribution in [0.25, 0.3) is 10.2 Å². The van der Waals surface area contributed by atoms with Gasteiger partial charge in [0.2, 0.25) is 5.91 Å². The van der Waals surface area contributed by atoms with Crippen molar-refractivity contribution in [3.8, 4) is 0 Å². The molecule has 0 aliphatic heterocycles. The van der Waals surface area contributed by atoms with Crippen LogP contribution in [-0.2, 0) is 30.6 Å². The summed E-state index contributed by atoms with van der Waals surface area (Å²) >= 11 is 1.65. The van der Waals surface area contributed by atoms with Crippen LogP contribution in [0, 0.1) is 0 Å². The second-order valence-electron chi connectivity index (χ2n) is 7.27. The van der Waals surface area contributed by atoms with Gasteiger partial charge in [-0.2, -0.15) is 0 Å². The highest BCUT2D eigenvalue weighted by molar-refractivity contribution is 7.18. The first-order valence-electron chi connectivity index (χ1n) is 9.77. The molecule has 0 radical (unpaired) electrons. The van der Waals surface area contributed by atoms with E-state index < -0.39 is 0 Å². The Labute approximate surface area is 167 Å². The molecule has 0 bridgehead atoms. The van der Waals surface area contributed by atoms with E-state index in [0.29, 0.717) is 13.1 Å². The number of likely N-dealkylation sites (N-methyl/N-ethyl adjacent to an activating group) is 1. The molecule has 28 heavy (non-hydrogen) atoms. The molecule has 3 aromatic rings. The highest BCUT2D eigenvalue weighted by atomic mass is 32.1. The molecule has 0 saturated heterocycles. The number of fused-ring (bicyclic) bond motifs is 3. The molecule has 1 amide bonds. The second kappa shape index (κ2) is 8.22. The van der Waals surface area contributed by atoms with Gasteiger partial charge in [-0.1, -0.05) is 6.07 Å². The number of hydrogen-bond donors (Lipinski definition) is 0. The number of thiophene rings is 1. The molecule has 3 heterocycles. The summed E-state index contributed by atoms with van der Waals surface area (Å²) < 4.78 is 1.59. The van der Waals surface area contributed by atoms with Gasteiger partial charge >= 0.3 is 0 Å². The van der Waals surface area contributed by atoms with E-state index in [2.05, 4.69) is 9.97 Å². The van der Waals surface area contributed by atoms with Crippen LogP contribution in [0.4, 0.5) is 0 Å². The van der Waals surface area contributed by atoms with Crippen LogP contribution in [0.2, 0.25) is 0 Å². The quantitative estimate of drug-likeness (QED) is 0.643. The standard InChI is InChI=1S/C21H24N4O2S/c1-24(12-9-15-6-4-5-11-22-15)18(26)10-13-25-14-23-20-19(21(25)27)16-7-2-3-8-17(16)28-20/h4-6,11,14H,2-3,7-10,12-13H2,1H3. The SMILES string of the molecule is CN(CCc1ccccn1)C(=O)CCn1cnc2sc3c(c2c1=O)CCCC3. The second-order valence-corrected chi connectivity index (χ2v) is 8.35. The summed E-state index contributed by atoms with van der Waals surface area (Å²) in [4.78, 5) is 38.1. The third-order valence-electron chi connectivity index (χ3n) is 5.36. The first-order valence-corrected chi connectivity index (χ1v) is 10.6. The Bertz CT molecular complexity index is 1040. The number of hydrogen-bond acceptors (Lipinski definition) is 5. The molecule has 1 aliphatic rings. The molecule has 0 N–H and O–H groups in total. The van der Waals surface area contributed by atoms with Gasteiger partial charge in [0.05, 0.1) is 11.7 Å². The molecule has 0 spiro atoms.